The average molecular weight is 226 g/mol. The summed E-state index contributed by atoms with van der Waals surface area (Å²) >= 11 is 0. The number of hydrogen-bond donors (Lipinski definition) is 1. The van der Waals surface area contributed by atoms with Crippen molar-refractivity contribution in [2.75, 3.05) is 0 Å². The topological polar surface area (TPSA) is 50.7 Å². The first-order valence-corrected chi connectivity index (χ1v) is 5.87. The maximum Gasteiger partial charge on any atom is 0.178 e. The second-order valence-corrected chi connectivity index (χ2v) is 4.29. The van der Waals surface area contributed by atoms with E-state index in [1.807, 2.05) is 30.6 Å². The molecule has 2 heterocycles. The summed E-state index contributed by atoms with van der Waals surface area (Å²) in [6.07, 6.45) is 8.08. The van der Waals surface area contributed by atoms with Crippen LogP contribution in [0.15, 0.2) is 36.8 Å². The van der Waals surface area contributed by atoms with E-state index in [1.54, 1.807) is 6.20 Å². The van der Waals surface area contributed by atoms with E-state index in [2.05, 4.69) is 20.3 Å². The zero-order valence-corrected chi connectivity index (χ0v) is 9.50. The standard InChI is InChI=1S/C13H14N4/c1-2-6-14-12(3-1)13-16-8-10(9-17-13)7-15-11-4-5-11/h1-3,6,8-9,11,15H,4-5,7H2. The summed E-state index contributed by atoms with van der Waals surface area (Å²) in [5.74, 6) is 0.681. The third-order valence-corrected chi connectivity index (χ3v) is 2.77. The zero-order chi connectivity index (χ0) is 11.5. The second kappa shape index (κ2) is 4.59. The SMILES string of the molecule is c1ccc(-c2ncc(CNC3CC3)cn2)nc1. The molecule has 0 bridgehead atoms. The first-order chi connectivity index (χ1) is 8.42. The van der Waals surface area contributed by atoms with E-state index in [-0.39, 0.29) is 0 Å². The van der Waals surface area contributed by atoms with Crippen LogP contribution in [0.1, 0.15) is 18.4 Å². The van der Waals surface area contributed by atoms with Gasteiger partial charge in [0.1, 0.15) is 5.69 Å². The van der Waals surface area contributed by atoms with Crippen LogP contribution in [-0.2, 0) is 6.54 Å². The summed E-state index contributed by atoms with van der Waals surface area (Å²) in [5, 5.41) is 3.44. The molecule has 4 heteroatoms. The number of nitrogens with one attached hydrogen (secondary N) is 1. The number of rotatable bonds is 4. The Morgan fingerprint density at radius 3 is 2.59 bits per heavy atom. The largest absolute Gasteiger partial charge is 0.310 e. The minimum atomic E-state index is 0.681. The minimum absolute atomic E-state index is 0.681. The molecule has 0 aromatic carbocycles. The molecule has 0 amide bonds. The van der Waals surface area contributed by atoms with Gasteiger partial charge in [0.05, 0.1) is 0 Å². The van der Waals surface area contributed by atoms with E-state index in [9.17, 15) is 0 Å². The van der Waals surface area contributed by atoms with Gasteiger partial charge in [-0.2, -0.15) is 0 Å². The highest BCUT2D eigenvalue weighted by Crippen LogP contribution is 2.19. The molecule has 0 aliphatic heterocycles. The van der Waals surface area contributed by atoms with Gasteiger partial charge in [0, 0.05) is 36.7 Å². The van der Waals surface area contributed by atoms with Gasteiger partial charge >= 0.3 is 0 Å². The number of aromatic nitrogens is 3. The maximum absolute atomic E-state index is 4.33. The lowest BCUT2D eigenvalue weighted by atomic mass is 10.3. The fourth-order valence-electron chi connectivity index (χ4n) is 1.62. The van der Waals surface area contributed by atoms with Crippen molar-refractivity contribution in [1.82, 2.24) is 20.3 Å². The molecule has 1 N–H and O–H groups in total. The van der Waals surface area contributed by atoms with E-state index in [4.69, 9.17) is 0 Å². The van der Waals surface area contributed by atoms with E-state index >= 15 is 0 Å². The average Bonchev–Trinajstić information content (AvgIpc) is 3.22. The fourth-order valence-corrected chi connectivity index (χ4v) is 1.62. The van der Waals surface area contributed by atoms with Crippen LogP contribution in [0.5, 0.6) is 0 Å². The molecule has 0 radical (unpaired) electrons. The van der Waals surface area contributed by atoms with Crippen LogP contribution in [0.25, 0.3) is 11.5 Å². The lowest BCUT2D eigenvalue weighted by molar-refractivity contribution is 0.683. The lowest BCUT2D eigenvalue weighted by Gasteiger charge is -2.03. The lowest BCUT2D eigenvalue weighted by Crippen LogP contribution is -2.15. The van der Waals surface area contributed by atoms with Crippen molar-refractivity contribution in [3.63, 3.8) is 0 Å². The van der Waals surface area contributed by atoms with Crippen molar-refractivity contribution in [3.8, 4) is 11.5 Å². The van der Waals surface area contributed by atoms with Gasteiger partial charge in [0.2, 0.25) is 0 Å². The van der Waals surface area contributed by atoms with Gasteiger partial charge < -0.3 is 5.32 Å². The molecule has 3 rings (SSSR count). The highest BCUT2D eigenvalue weighted by molar-refractivity contribution is 5.47. The summed E-state index contributed by atoms with van der Waals surface area (Å²) in [7, 11) is 0. The number of hydrogen-bond acceptors (Lipinski definition) is 4. The summed E-state index contributed by atoms with van der Waals surface area (Å²) in [6.45, 7) is 0.854. The van der Waals surface area contributed by atoms with Crippen LogP contribution in [0.3, 0.4) is 0 Å². The summed E-state index contributed by atoms with van der Waals surface area (Å²) in [5.41, 5.74) is 1.94. The Kier molecular flexibility index (Phi) is 2.80. The molecule has 1 aliphatic carbocycles. The smallest absolute Gasteiger partial charge is 0.178 e. The molecule has 1 saturated carbocycles. The van der Waals surface area contributed by atoms with E-state index in [0.717, 1.165) is 17.8 Å². The highest BCUT2D eigenvalue weighted by Gasteiger charge is 2.19. The van der Waals surface area contributed by atoms with Crippen molar-refractivity contribution >= 4 is 0 Å². The van der Waals surface area contributed by atoms with Gasteiger partial charge in [-0.1, -0.05) is 6.07 Å². The third kappa shape index (κ3) is 2.65. The highest BCUT2D eigenvalue weighted by atomic mass is 15.0. The molecule has 86 valence electrons. The summed E-state index contributed by atoms with van der Waals surface area (Å²) in [6, 6.07) is 6.45. The summed E-state index contributed by atoms with van der Waals surface area (Å²) in [4.78, 5) is 12.9. The second-order valence-electron chi connectivity index (χ2n) is 4.29. The molecule has 2 aromatic rings. The van der Waals surface area contributed by atoms with Crippen molar-refractivity contribution < 1.29 is 0 Å². The van der Waals surface area contributed by atoms with Gasteiger partial charge in [-0.25, -0.2) is 9.97 Å². The Hall–Kier alpha value is -1.81. The number of pyridine rings is 1. The van der Waals surface area contributed by atoms with Crippen LogP contribution in [0.2, 0.25) is 0 Å². The Morgan fingerprint density at radius 2 is 1.94 bits per heavy atom. The van der Waals surface area contributed by atoms with E-state index < -0.39 is 0 Å². The van der Waals surface area contributed by atoms with Crippen molar-refractivity contribution in [2.45, 2.75) is 25.4 Å². The number of nitrogens with zero attached hydrogens (tertiary/aromatic N) is 3. The molecule has 0 spiro atoms. The van der Waals surface area contributed by atoms with Crippen LogP contribution in [0.4, 0.5) is 0 Å². The van der Waals surface area contributed by atoms with E-state index in [0.29, 0.717) is 11.9 Å². The first kappa shape index (κ1) is 10.4. The molecule has 17 heavy (non-hydrogen) atoms. The molecule has 1 aliphatic rings. The van der Waals surface area contributed by atoms with Gasteiger partial charge in [-0.15, -0.1) is 0 Å². The minimum Gasteiger partial charge on any atom is -0.310 e. The Morgan fingerprint density at radius 1 is 1.12 bits per heavy atom. The molecular weight excluding hydrogens is 212 g/mol. The van der Waals surface area contributed by atoms with Crippen molar-refractivity contribution in [1.29, 1.82) is 0 Å². The van der Waals surface area contributed by atoms with Crippen molar-refractivity contribution in [3.05, 3.63) is 42.4 Å². The normalized spacial score (nSPS) is 14.8. The van der Waals surface area contributed by atoms with Gasteiger partial charge in [0.15, 0.2) is 5.82 Å². The molecule has 1 fully saturated rings. The molecule has 0 atom stereocenters. The quantitative estimate of drug-likeness (QED) is 0.863. The van der Waals surface area contributed by atoms with Gasteiger partial charge in [0.25, 0.3) is 0 Å². The molecule has 0 unspecified atom stereocenters. The zero-order valence-electron chi connectivity index (χ0n) is 9.50. The van der Waals surface area contributed by atoms with Crippen LogP contribution in [-0.4, -0.2) is 21.0 Å². The molecule has 2 aromatic heterocycles. The third-order valence-electron chi connectivity index (χ3n) is 2.77. The maximum atomic E-state index is 4.33. The Labute approximate surface area is 100 Å². The van der Waals surface area contributed by atoms with Crippen LogP contribution >= 0.6 is 0 Å². The van der Waals surface area contributed by atoms with Crippen LogP contribution in [0, 0.1) is 0 Å². The monoisotopic (exact) mass is 226 g/mol. The predicted molar refractivity (Wildman–Crippen MR) is 65.1 cm³/mol. The van der Waals surface area contributed by atoms with Gasteiger partial charge in [-0.05, 0) is 25.0 Å². The fraction of sp³-hybridized carbons (Fsp3) is 0.308. The van der Waals surface area contributed by atoms with Crippen molar-refractivity contribution in [2.24, 2.45) is 0 Å². The molecule has 0 saturated heterocycles. The first-order valence-electron chi connectivity index (χ1n) is 5.87. The molecule has 4 nitrogen and oxygen atoms in total. The van der Waals surface area contributed by atoms with E-state index in [1.165, 1.54) is 12.8 Å². The van der Waals surface area contributed by atoms with Gasteiger partial charge in [-0.3, -0.25) is 4.98 Å². The summed E-state index contributed by atoms with van der Waals surface area (Å²) < 4.78 is 0. The predicted octanol–water partition coefficient (Wildman–Crippen LogP) is 1.79. The Balaban J connectivity index is 1.70. The molecular formula is C13H14N4. The van der Waals surface area contributed by atoms with Crippen LogP contribution < -0.4 is 5.32 Å². The Bertz CT molecular complexity index is 477.